The van der Waals surface area contributed by atoms with E-state index >= 15 is 0 Å². The SMILES string of the molecule is N#CC(C#N)C[C@@H]1CCC[C@@H](CC(C#N)C#N)C1=O. The van der Waals surface area contributed by atoms with Crippen molar-refractivity contribution in [2.45, 2.75) is 32.1 Å². The maximum atomic E-state index is 12.2. The van der Waals surface area contributed by atoms with E-state index in [1.807, 2.05) is 24.3 Å². The number of hydrogen-bond acceptors (Lipinski definition) is 5. The molecule has 5 heteroatoms. The lowest BCUT2D eigenvalue weighted by Gasteiger charge is -2.28. The predicted molar refractivity (Wildman–Crippen MR) is 64.5 cm³/mol. The molecule has 0 spiro atoms. The topological polar surface area (TPSA) is 112 Å². The van der Waals surface area contributed by atoms with E-state index in [0.717, 1.165) is 6.42 Å². The smallest absolute Gasteiger partial charge is 0.139 e. The van der Waals surface area contributed by atoms with Crippen LogP contribution in [0.1, 0.15) is 32.1 Å². The van der Waals surface area contributed by atoms with Gasteiger partial charge in [0.15, 0.2) is 0 Å². The molecule has 1 fully saturated rings. The summed E-state index contributed by atoms with van der Waals surface area (Å²) in [7, 11) is 0. The van der Waals surface area contributed by atoms with Gasteiger partial charge in [0.25, 0.3) is 0 Å². The van der Waals surface area contributed by atoms with Gasteiger partial charge in [-0.15, -0.1) is 0 Å². The van der Waals surface area contributed by atoms with Gasteiger partial charge in [0.1, 0.15) is 17.6 Å². The summed E-state index contributed by atoms with van der Waals surface area (Å²) < 4.78 is 0. The van der Waals surface area contributed by atoms with Crippen molar-refractivity contribution in [1.82, 2.24) is 0 Å². The zero-order valence-electron chi connectivity index (χ0n) is 10.5. The van der Waals surface area contributed by atoms with E-state index in [1.54, 1.807) is 0 Å². The van der Waals surface area contributed by atoms with Crippen LogP contribution in [-0.2, 0) is 4.79 Å². The van der Waals surface area contributed by atoms with E-state index in [-0.39, 0.29) is 30.5 Å². The number of nitriles is 4. The predicted octanol–water partition coefficient (Wildman–Crippen LogP) is 2.08. The Labute approximate surface area is 112 Å². The van der Waals surface area contributed by atoms with Crippen LogP contribution in [0.25, 0.3) is 0 Å². The highest BCUT2D eigenvalue weighted by Gasteiger charge is 2.34. The molecule has 96 valence electrons. The minimum atomic E-state index is -0.754. The lowest BCUT2D eigenvalue weighted by Crippen LogP contribution is -2.30. The molecule has 5 nitrogen and oxygen atoms in total. The van der Waals surface area contributed by atoms with Gasteiger partial charge in [-0.05, 0) is 25.7 Å². The van der Waals surface area contributed by atoms with Crippen LogP contribution in [0.15, 0.2) is 0 Å². The summed E-state index contributed by atoms with van der Waals surface area (Å²) in [5, 5.41) is 35.0. The maximum absolute atomic E-state index is 12.2. The summed E-state index contributed by atoms with van der Waals surface area (Å²) in [6.07, 6.45) is 2.77. The lowest BCUT2D eigenvalue weighted by atomic mass is 9.74. The average Bonchev–Trinajstić information content (AvgIpc) is 2.45. The van der Waals surface area contributed by atoms with E-state index in [1.165, 1.54) is 0 Å². The molecule has 19 heavy (non-hydrogen) atoms. The van der Waals surface area contributed by atoms with Crippen LogP contribution < -0.4 is 0 Å². The van der Waals surface area contributed by atoms with Crippen LogP contribution in [0.4, 0.5) is 0 Å². The quantitative estimate of drug-likeness (QED) is 0.762. The monoisotopic (exact) mass is 254 g/mol. The van der Waals surface area contributed by atoms with Crippen molar-refractivity contribution in [2.75, 3.05) is 0 Å². The van der Waals surface area contributed by atoms with Crippen LogP contribution in [0.5, 0.6) is 0 Å². The molecule has 0 saturated heterocycles. The molecule has 1 saturated carbocycles. The first-order valence-corrected chi connectivity index (χ1v) is 6.28. The fraction of sp³-hybridized carbons (Fsp3) is 0.643. The number of Topliss-reactive ketones (excluding diaryl/α,β-unsaturated/α-hetero) is 1. The van der Waals surface area contributed by atoms with Crippen LogP contribution in [-0.4, -0.2) is 5.78 Å². The molecular weight excluding hydrogens is 240 g/mol. The number of nitrogens with zero attached hydrogens (tertiary/aromatic N) is 4. The summed E-state index contributed by atoms with van der Waals surface area (Å²) in [5.41, 5.74) is 0. The third-order valence-corrected chi connectivity index (χ3v) is 3.57. The van der Waals surface area contributed by atoms with Gasteiger partial charge >= 0.3 is 0 Å². The van der Waals surface area contributed by atoms with Gasteiger partial charge in [-0.3, -0.25) is 4.79 Å². The van der Waals surface area contributed by atoms with Crippen LogP contribution >= 0.6 is 0 Å². The molecule has 1 aliphatic carbocycles. The molecule has 0 aliphatic heterocycles. The fourth-order valence-corrected chi connectivity index (χ4v) is 2.53. The molecule has 0 unspecified atom stereocenters. The first kappa shape index (κ1) is 14.7. The van der Waals surface area contributed by atoms with Crippen molar-refractivity contribution < 1.29 is 4.79 Å². The van der Waals surface area contributed by atoms with E-state index in [9.17, 15) is 4.79 Å². The van der Waals surface area contributed by atoms with E-state index in [0.29, 0.717) is 12.8 Å². The van der Waals surface area contributed by atoms with Crippen molar-refractivity contribution in [3.63, 3.8) is 0 Å². The largest absolute Gasteiger partial charge is 0.299 e. The van der Waals surface area contributed by atoms with Crippen molar-refractivity contribution in [1.29, 1.82) is 21.0 Å². The number of carbonyl (C=O) groups is 1. The number of rotatable bonds is 4. The molecule has 0 amide bonds. The highest BCUT2D eigenvalue weighted by atomic mass is 16.1. The lowest BCUT2D eigenvalue weighted by molar-refractivity contribution is -0.129. The Balaban J connectivity index is 2.67. The van der Waals surface area contributed by atoms with Crippen LogP contribution in [0.2, 0.25) is 0 Å². The second kappa shape index (κ2) is 7.15. The van der Waals surface area contributed by atoms with Crippen LogP contribution in [0.3, 0.4) is 0 Å². The summed E-state index contributed by atoms with van der Waals surface area (Å²) >= 11 is 0. The summed E-state index contributed by atoms with van der Waals surface area (Å²) in [5.74, 6) is -2.05. The summed E-state index contributed by atoms with van der Waals surface area (Å²) in [4.78, 5) is 12.2. The van der Waals surface area contributed by atoms with Crippen molar-refractivity contribution in [3.8, 4) is 24.3 Å². The van der Waals surface area contributed by atoms with E-state index < -0.39 is 11.8 Å². The number of carbonyl (C=O) groups excluding carboxylic acids is 1. The Morgan fingerprint density at radius 1 is 0.895 bits per heavy atom. The number of hydrogen-bond donors (Lipinski definition) is 0. The van der Waals surface area contributed by atoms with Gasteiger partial charge < -0.3 is 0 Å². The molecule has 1 rings (SSSR count). The minimum Gasteiger partial charge on any atom is -0.299 e. The Hall–Kier alpha value is -2.37. The van der Waals surface area contributed by atoms with E-state index in [4.69, 9.17) is 21.0 Å². The van der Waals surface area contributed by atoms with Gasteiger partial charge in [0.05, 0.1) is 24.3 Å². The van der Waals surface area contributed by atoms with Gasteiger partial charge in [-0.1, -0.05) is 6.42 Å². The molecule has 1 aliphatic rings. The minimum absolute atomic E-state index is 0.0113. The van der Waals surface area contributed by atoms with Crippen LogP contribution in [0, 0.1) is 69.0 Å². The zero-order valence-corrected chi connectivity index (χ0v) is 10.5. The molecule has 0 aromatic rings. The Morgan fingerprint density at radius 2 is 1.26 bits per heavy atom. The Kier molecular flexibility index (Phi) is 5.53. The zero-order chi connectivity index (χ0) is 14.3. The first-order chi connectivity index (χ1) is 9.15. The Morgan fingerprint density at radius 3 is 1.58 bits per heavy atom. The molecule has 0 radical (unpaired) electrons. The van der Waals surface area contributed by atoms with Crippen molar-refractivity contribution in [2.24, 2.45) is 23.7 Å². The second-order valence-corrected chi connectivity index (χ2v) is 4.82. The molecule has 0 aromatic heterocycles. The molecular formula is C14H14N4O. The average molecular weight is 254 g/mol. The third kappa shape index (κ3) is 3.80. The van der Waals surface area contributed by atoms with Crippen molar-refractivity contribution in [3.05, 3.63) is 0 Å². The molecule has 0 bridgehead atoms. The van der Waals surface area contributed by atoms with Gasteiger partial charge in [-0.25, -0.2) is 0 Å². The van der Waals surface area contributed by atoms with Crippen molar-refractivity contribution >= 4 is 5.78 Å². The highest BCUT2D eigenvalue weighted by molar-refractivity contribution is 5.84. The summed E-state index contributed by atoms with van der Waals surface area (Å²) in [6, 6.07) is 7.52. The Bertz CT molecular complexity index is 427. The third-order valence-electron chi connectivity index (χ3n) is 3.57. The molecule has 0 aromatic carbocycles. The summed E-state index contributed by atoms with van der Waals surface area (Å²) in [6.45, 7) is 0. The highest BCUT2D eigenvalue weighted by Crippen LogP contribution is 2.33. The van der Waals surface area contributed by atoms with Gasteiger partial charge in [0, 0.05) is 11.8 Å². The second-order valence-electron chi connectivity index (χ2n) is 4.82. The molecule has 2 atom stereocenters. The first-order valence-electron chi connectivity index (χ1n) is 6.28. The number of ketones is 1. The molecule has 0 N–H and O–H groups in total. The fourth-order valence-electron chi connectivity index (χ4n) is 2.53. The normalized spacial score (nSPS) is 22.3. The standard InChI is InChI=1S/C14H14N4O/c15-6-10(7-16)4-12-2-1-3-13(14(12)19)5-11(8-17)9-18/h10-13H,1-5H2/t12-,13-/m0/s1. The van der Waals surface area contributed by atoms with Gasteiger partial charge in [-0.2, -0.15) is 21.0 Å². The van der Waals surface area contributed by atoms with Gasteiger partial charge in [0.2, 0.25) is 0 Å². The maximum Gasteiger partial charge on any atom is 0.139 e. The van der Waals surface area contributed by atoms with E-state index in [2.05, 4.69) is 0 Å². The molecule has 0 heterocycles.